The second kappa shape index (κ2) is 7.50. The Morgan fingerprint density at radius 3 is 2.90 bits per heavy atom. The molecule has 1 aromatic carbocycles. The van der Waals surface area contributed by atoms with Crippen LogP contribution in [-0.4, -0.2) is 37.0 Å². The molecule has 0 saturated carbocycles. The highest BCUT2D eigenvalue weighted by Gasteiger charge is 2.17. The lowest BCUT2D eigenvalue weighted by Crippen LogP contribution is -2.38. The fraction of sp³-hybridized carbons (Fsp3) is 0.562. The Bertz CT molecular complexity index is 487. The molecule has 1 aliphatic heterocycles. The lowest BCUT2D eigenvalue weighted by Gasteiger charge is -2.26. The topological polar surface area (TPSA) is 32.3 Å². The molecule has 1 unspecified atom stereocenters. The zero-order valence-corrected chi connectivity index (χ0v) is 12.4. The van der Waals surface area contributed by atoms with E-state index in [-0.39, 0.29) is 17.9 Å². The van der Waals surface area contributed by atoms with Gasteiger partial charge in [-0.05, 0) is 31.9 Å². The van der Waals surface area contributed by atoms with Gasteiger partial charge in [0.05, 0.1) is 6.42 Å². The van der Waals surface area contributed by atoms with Gasteiger partial charge in [-0.2, -0.15) is 0 Å². The van der Waals surface area contributed by atoms with E-state index in [1.54, 1.807) is 11.9 Å². The number of carbonyl (C=O) groups excluding carboxylic acids is 1. The number of halogens is 2. The van der Waals surface area contributed by atoms with E-state index < -0.39 is 11.6 Å². The van der Waals surface area contributed by atoms with E-state index in [9.17, 15) is 13.6 Å². The maximum Gasteiger partial charge on any atom is 0.226 e. The normalized spacial score (nSPS) is 18.5. The quantitative estimate of drug-likeness (QED) is 0.905. The van der Waals surface area contributed by atoms with Crippen LogP contribution in [0.15, 0.2) is 18.2 Å². The summed E-state index contributed by atoms with van der Waals surface area (Å²) in [7, 11) is 1.71. The number of nitrogens with one attached hydrogen (secondary N) is 1. The minimum Gasteiger partial charge on any atom is -0.345 e. The van der Waals surface area contributed by atoms with Crippen molar-refractivity contribution in [1.29, 1.82) is 0 Å². The van der Waals surface area contributed by atoms with Gasteiger partial charge >= 0.3 is 0 Å². The highest BCUT2D eigenvalue weighted by atomic mass is 19.2. The van der Waals surface area contributed by atoms with Crippen LogP contribution < -0.4 is 5.32 Å². The van der Waals surface area contributed by atoms with Crippen LogP contribution in [0.5, 0.6) is 0 Å². The number of piperidine rings is 1. The summed E-state index contributed by atoms with van der Waals surface area (Å²) in [5, 5.41) is 3.43. The van der Waals surface area contributed by atoms with Gasteiger partial charge in [0, 0.05) is 25.2 Å². The van der Waals surface area contributed by atoms with Crippen LogP contribution in [-0.2, 0) is 11.2 Å². The van der Waals surface area contributed by atoms with Crippen molar-refractivity contribution in [2.24, 2.45) is 0 Å². The first kappa shape index (κ1) is 15.9. The third-order valence-corrected chi connectivity index (χ3v) is 4.02. The molecule has 0 radical (unpaired) electrons. The summed E-state index contributed by atoms with van der Waals surface area (Å²) in [6.07, 6.45) is 4.38. The van der Waals surface area contributed by atoms with Crippen molar-refractivity contribution in [3.8, 4) is 0 Å². The number of benzene rings is 1. The van der Waals surface area contributed by atoms with Crippen LogP contribution in [0.3, 0.4) is 0 Å². The van der Waals surface area contributed by atoms with Crippen molar-refractivity contribution in [3.05, 3.63) is 35.4 Å². The summed E-state index contributed by atoms with van der Waals surface area (Å²) >= 11 is 0. The summed E-state index contributed by atoms with van der Waals surface area (Å²) in [6.45, 7) is 1.67. The summed E-state index contributed by atoms with van der Waals surface area (Å²) in [4.78, 5) is 13.7. The van der Waals surface area contributed by atoms with Gasteiger partial charge in [0.1, 0.15) is 0 Å². The molecule has 1 saturated heterocycles. The van der Waals surface area contributed by atoms with Crippen molar-refractivity contribution in [3.63, 3.8) is 0 Å². The van der Waals surface area contributed by atoms with E-state index in [4.69, 9.17) is 0 Å². The van der Waals surface area contributed by atoms with E-state index in [1.807, 2.05) is 0 Å². The molecule has 0 bridgehead atoms. The van der Waals surface area contributed by atoms with Gasteiger partial charge in [-0.3, -0.25) is 4.79 Å². The van der Waals surface area contributed by atoms with Crippen molar-refractivity contribution in [1.82, 2.24) is 10.2 Å². The first-order valence-corrected chi connectivity index (χ1v) is 7.48. The van der Waals surface area contributed by atoms with E-state index in [0.29, 0.717) is 12.6 Å². The molecule has 1 aliphatic rings. The lowest BCUT2D eigenvalue weighted by molar-refractivity contribution is -0.129. The smallest absolute Gasteiger partial charge is 0.226 e. The zero-order valence-electron chi connectivity index (χ0n) is 12.4. The predicted molar refractivity (Wildman–Crippen MR) is 78.0 cm³/mol. The van der Waals surface area contributed by atoms with E-state index in [2.05, 4.69) is 5.32 Å². The third kappa shape index (κ3) is 4.49. The van der Waals surface area contributed by atoms with Crippen LogP contribution in [0.4, 0.5) is 8.78 Å². The number of amides is 1. The lowest BCUT2D eigenvalue weighted by atomic mass is 10.0. The Balaban J connectivity index is 1.83. The maximum absolute atomic E-state index is 13.5. The van der Waals surface area contributed by atoms with E-state index >= 15 is 0 Å². The minimum absolute atomic E-state index is 0.0990. The molecule has 116 valence electrons. The summed E-state index contributed by atoms with van der Waals surface area (Å²) < 4.78 is 26.7. The van der Waals surface area contributed by atoms with Crippen molar-refractivity contribution >= 4 is 5.91 Å². The number of hydrogen-bond acceptors (Lipinski definition) is 2. The maximum atomic E-state index is 13.5. The van der Waals surface area contributed by atoms with Gasteiger partial charge in [-0.1, -0.05) is 18.6 Å². The average molecular weight is 296 g/mol. The standard InChI is InChI=1S/C16H22F2N2O/c1-20(10-8-13-6-2-3-9-19-13)15(21)11-12-5-4-7-14(17)16(12)18/h4-5,7,13,19H,2-3,6,8-11H2,1H3. The van der Waals surface area contributed by atoms with Gasteiger partial charge in [0.2, 0.25) is 5.91 Å². The fourth-order valence-electron chi connectivity index (χ4n) is 2.63. The molecule has 1 heterocycles. The Labute approximate surface area is 124 Å². The average Bonchev–Trinajstić information content (AvgIpc) is 2.50. The van der Waals surface area contributed by atoms with Crippen molar-refractivity contribution < 1.29 is 13.6 Å². The van der Waals surface area contributed by atoms with Crippen LogP contribution in [0.1, 0.15) is 31.2 Å². The molecule has 21 heavy (non-hydrogen) atoms. The number of rotatable bonds is 5. The molecular formula is C16H22F2N2O. The molecule has 0 aromatic heterocycles. The molecule has 1 atom stereocenters. The molecule has 0 aliphatic carbocycles. The van der Waals surface area contributed by atoms with Crippen molar-refractivity contribution in [2.75, 3.05) is 20.1 Å². The molecule has 5 heteroatoms. The monoisotopic (exact) mass is 296 g/mol. The molecule has 1 fully saturated rings. The first-order chi connectivity index (χ1) is 10.1. The Morgan fingerprint density at radius 1 is 1.38 bits per heavy atom. The molecular weight excluding hydrogens is 274 g/mol. The Morgan fingerprint density at radius 2 is 2.19 bits per heavy atom. The molecule has 1 aromatic rings. The summed E-state index contributed by atoms with van der Waals surface area (Å²) in [5.41, 5.74) is 0.114. The minimum atomic E-state index is -0.923. The highest BCUT2D eigenvalue weighted by Crippen LogP contribution is 2.14. The molecule has 3 nitrogen and oxygen atoms in total. The molecule has 1 N–H and O–H groups in total. The molecule has 2 rings (SSSR count). The van der Waals surface area contributed by atoms with Gasteiger partial charge in [-0.15, -0.1) is 0 Å². The number of likely N-dealkylation sites (N-methyl/N-ethyl adjacent to an activating group) is 1. The third-order valence-electron chi connectivity index (χ3n) is 4.02. The highest BCUT2D eigenvalue weighted by molar-refractivity contribution is 5.78. The Hall–Kier alpha value is -1.49. The van der Waals surface area contributed by atoms with E-state index in [1.165, 1.54) is 25.0 Å². The molecule has 0 spiro atoms. The zero-order chi connectivity index (χ0) is 15.2. The van der Waals surface area contributed by atoms with Crippen molar-refractivity contribution in [2.45, 2.75) is 38.1 Å². The van der Waals surface area contributed by atoms with Crippen LogP contribution in [0.2, 0.25) is 0 Å². The van der Waals surface area contributed by atoms with Crippen LogP contribution in [0, 0.1) is 11.6 Å². The van der Waals surface area contributed by atoms with Gasteiger partial charge in [-0.25, -0.2) is 8.78 Å². The van der Waals surface area contributed by atoms with Gasteiger partial charge < -0.3 is 10.2 Å². The van der Waals surface area contributed by atoms with Crippen LogP contribution >= 0.6 is 0 Å². The Kier molecular flexibility index (Phi) is 5.67. The SMILES string of the molecule is CN(CCC1CCCCN1)C(=O)Cc1cccc(F)c1F. The second-order valence-corrected chi connectivity index (χ2v) is 5.64. The second-order valence-electron chi connectivity index (χ2n) is 5.64. The first-order valence-electron chi connectivity index (χ1n) is 7.48. The summed E-state index contributed by atoms with van der Waals surface area (Å²) in [5.74, 6) is -2.02. The summed E-state index contributed by atoms with van der Waals surface area (Å²) in [6, 6.07) is 4.39. The number of carbonyl (C=O) groups is 1. The predicted octanol–water partition coefficient (Wildman–Crippen LogP) is 2.50. The largest absolute Gasteiger partial charge is 0.345 e. The van der Waals surface area contributed by atoms with Crippen LogP contribution in [0.25, 0.3) is 0 Å². The number of nitrogens with zero attached hydrogens (tertiary/aromatic N) is 1. The number of hydrogen-bond donors (Lipinski definition) is 1. The fourth-order valence-corrected chi connectivity index (χ4v) is 2.63. The van der Waals surface area contributed by atoms with E-state index in [0.717, 1.165) is 25.5 Å². The van der Waals surface area contributed by atoms with Gasteiger partial charge in [0.25, 0.3) is 0 Å². The van der Waals surface area contributed by atoms with Gasteiger partial charge in [0.15, 0.2) is 11.6 Å². The molecule has 1 amide bonds.